The van der Waals surface area contributed by atoms with Gasteiger partial charge < -0.3 is 4.90 Å². The molecule has 2 aliphatic heterocycles. The summed E-state index contributed by atoms with van der Waals surface area (Å²) in [5, 5.41) is 2.25. The first-order valence-electron chi connectivity index (χ1n) is 11.3. The molecule has 0 N–H and O–H groups in total. The topological polar surface area (TPSA) is 23.6 Å². The number of piperidine rings is 1. The van der Waals surface area contributed by atoms with Gasteiger partial charge in [0, 0.05) is 37.1 Å². The predicted octanol–water partition coefficient (Wildman–Crippen LogP) is 4.31. The van der Waals surface area contributed by atoms with Crippen molar-refractivity contribution in [3.8, 4) is 0 Å². The second-order valence-electron chi connectivity index (χ2n) is 10.3. The van der Waals surface area contributed by atoms with Crippen LogP contribution < -0.4 is 0 Å². The molecule has 7 rings (SSSR count). The van der Waals surface area contributed by atoms with Crippen molar-refractivity contribution in [2.45, 2.75) is 70.4 Å². The number of carbonyl (C=O) groups is 1. The van der Waals surface area contributed by atoms with Crippen LogP contribution in [0.2, 0.25) is 0 Å². The van der Waals surface area contributed by atoms with Gasteiger partial charge in [0.1, 0.15) is 0 Å². The number of nitrogens with zero attached hydrogens (tertiary/aromatic N) is 2. The van der Waals surface area contributed by atoms with Crippen LogP contribution >= 0.6 is 11.3 Å². The molecule has 0 atom stereocenters. The zero-order valence-electron chi connectivity index (χ0n) is 16.4. The van der Waals surface area contributed by atoms with Crippen LogP contribution in [0.15, 0.2) is 11.4 Å². The minimum atomic E-state index is 0.0539. The van der Waals surface area contributed by atoms with Gasteiger partial charge in [-0.2, -0.15) is 0 Å². The zero-order chi connectivity index (χ0) is 18.0. The summed E-state index contributed by atoms with van der Waals surface area (Å²) < 4.78 is 0. The number of rotatable bonds is 2. The summed E-state index contributed by atoms with van der Waals surface area (Å²) in [6.07, 6.45) is 11.5. The number of hydrogen-bond acceptors (Lipinski definition) is 3. The molecule has 0 aromatic carbocycles. The molecular formula is C23H32N2OS. The summed E-state index contributed by atoms with van der Waals surface area (Å²) >= 11 is 1.93. The molecule has 1 amide bonds. The molecule has 0 unspecified atom stereocenters. The van der Waals surface area contributed by atoms with Crippen molar-refractivity contribution >= 4 is 17.2 Å². The first-order chi connectivity index (χ1) is 13.2. The monoisotopic (exact) mass is 384 g/mol. The predicted molar refractivity (Wildman–Crippen MR) is 109 cm³/mol. The second kappa shape index (κ2) is 6.32. The van der Waals surface area contributed by atoms with Crippen molar-refractivity contribution in [2.24, 2.45) is 23.2 Å². The Balaban J connectivity index is 1.10. The largest absolute Gasteiger partial charge is 0.342 e. The average Bonchev–Trinajstić information content (AvgIpc) is 3.14. The second-order valence-corrected chi connectivity index (χ2v) is 11.3. The number of amides is 1. The fourth-order valence-electron chi connectivity index (χ4n) is 7.72. The molecule has 4 bridgehead atoms. The molecule has 4 heteroatoms. The van der Waals surface area contributed by atoms with E-state index in [1.807, 2.05) is 11.3 Å². The van der Waals surface area contributed by atoms with E-state index in [-0.39, 0.29) is 5.41 Å². The maximum atomic E-state index is 13.6. The van der Waals surface area contributed by atoms with Crippen molar-refractivity contribution in [2.75, 3.05) is 19.6 Å². The van der Waals surface area contributed by atoms with Gasteiger partial charge in [-0.05, 0) is 92.6 Å². The maximum absolute atomic E-state index is 13.6. The van der Waals surface area contributed by atoms with Crippen LogP contribution in [0.4, 0.5) is 0 Å². The summed E-state index contributed by atoms with van der Waals surface area (Å²) in [4.78, 5) is 20.2. The fourth-order valence-corrected chi connectivity index (χ4v) is 8.61. The standard InChI is InChI=1S/C23H32N2OS/c26-22(23-12-16-9-17(13-23)11-18(10-16)14-23)24-5-1-20(2-6-24)25-7-3-21-19(15-25)4-8-27-21/h4,8,16-18,20H,1-3,5-7,9-15H2. The number of likely N-dealkylation sites (tertiary alicyclic amines) is 1. The van der Waals surface area contributed by atoms with Crippen molar-refractivity contribution in [3.63, 3.8) is 0 Å². The Labute approximate surface area is 167 Å². The Morgan fingerprint density at radius 3 is 2.33 bits per heavy atom. The molecule has 1 saturated heterocycles. The normalized spacial score (nSPS) is 39.0. The first kappa shape index (κ1) is 17.0. The van der Waals surface area contributed by atoms with Crippen molar-refractivity contribution < 1.29 is 4.79 Å². The number of hydrogen-bond donors (Lipinski definition) is 0. The highest BCUT2D eigenvalue weighted by atomic mass is 32.1. The van der Waals surface area contributed by atoms with Crippen LogP contribution in [-0.2, 0) is 17.8 Å². The lowest BCUT2D eigenvalue weighted by molar-refractivity contribution is -0.159. The lowest BCUT2D eigenvalue weighted by Crippen LogP contribution is -2.57. The summed E-state index contributed by atoms with van der Waals surface area (Å²) in [6.45, 7) is 4.34. The van der Waals surface area contributed by atoms with E-state index in [1.54, 1.807) is 10.4 Å². The Hall–Kier alpha value is -0.870. The molecular weight excluding hydrogens is 352 g/mol. The molecule has 4 saturated carbocycles. The van der Waals surface area contributed by atoms with Gasteiger partial charge in [0.25, 0.3) is 0 Å². The molecule has 5 fully saturated rings. The summed E-state index contributed by atoms with van der Waals surface area (Å²) in [5.41, 5.74) is 1.61. The van der Waals surface area contributed by atoms with Crippen molar-refractivity contribution in [1.82, 2.24) is 9.80 Å². The van der Waals surface area contributed by atoms with E-state index in [2.05, 4.69) is 21.2 Å². The minimum absolute atomic E-state index is 0.0539. The Bertz CT molecular complexity index is 697. The smallest absolute Gasteiger partial charge is 0.228 e. The van der Waals surface area contributed by atoms with Gasteiger partial charge >= 0.3 is 0 Å². The van der Waals surface area contributed by atoms with Crippen molar-refractivity contribution in [3.05, 3.63) is 21.9 Å². The molecule has 146 valence electrons. The summed E-state index contributed by atoms with van der Waals surface area (Å²) in [6, 6.07) is 3.00. The van der Waals surface area contributed by atoms with Crippen LogP contribution in [-0.4, -0.2) is 41.4 Å². The van der Waals surface area contributed by atoms with E-state index in [0.29, 0.717) is 11.9 Å². The Morgan fingerprint density at radius 2 is 1.67 bits per heavy atom. The average molecular weight is 385 g/mol. The molecule has 3 heterocycles. The van der Waals surface area contributed by atoms with E-state index >= 15 is 0 Å². The number of thiophene rings is 1. The lowest BCUT2D eigenvalue weighted by atomic mass is 9.49. The van der Waals surface area contributed by atoms with Gasteiger partial charge in [-0.25, -0.2) is 0 Å². The highest BCUT2D eigenvalue weighted by Gasteiger charge is 2.55. The van der Waals surface area contributed by atoms with E-state index < -0.39 is 0 Å². The van der Waals surface area contributed by atoms with Gasteiger partial charge in [-0.3, -0.25) is 9.69 Å². The molecule has 1 aromatic heterocycles. The van der Waals surface area contributed by atoms with Crippen LogP contribution in [0.3, 0.4) is 0 Å². The van der Waals surface area contributed by atoms with Gasteiger partial charge in [0.2, 0.25) is 5.91 Å². The highest BCUT2D eigenvalue weighted by molar-refractivity contribution is 7.10. The quantitative estimate of drug-likeness (QED) is 0.758. The van der Waals surface area contributed by atoms with E-state index in [0.717, 1.165) is 37.4 Å². The molecule has 3 nitrogen and oxygen atoms in total. The number of fused-ring (bicyclic) bond motifs is 1. The Morgan fingerprint density at radius 1 is 1.00 bits per heavy atom. The highest BCUT2D eigenvalue weighted by Crippen LogP contribution is 2.60. The molecule has 6 aliphatic rings. The van der Waals surface area contributed by atoms with Crippen molar-refractivity contribution in [1.29, 1.82) is 0 Å². The summed E-state index contributed by atoms with van der Waals surface area (Å²) in [5.74, 6) is 3.15. The third-order valence-electron chi connectivity index (χ3n) is 8.60. The van der Waals surface area contributed by atoms with Crippen LogP contribution in [0, 0.1) is 23.2 Å². The van der Waals surface area contributed by atoms with E-state index in [9.17, 15) is 4.79 Å². The lowest BCUT2D eigenvalue weighted by Gasteiger charge is -2.57. The molecule has 4 aliphatic carbocycles. The number of carbonyl (C=O) groups excluding carboxylic acids is 1. The van der Waals surface area contributed by atoms with Gasteiger partial charge in [0.15, 0.2) is 0 Å². The molecule has 27 heavy (non-hydrogen) atoms. The maximum Gasteiger partial charge on any atom is 0.228 e. The minimum Gasteiger partial charge on any atom is -0.342 e. The SMILES string of the molecule is O=C(N1CCC(N2CCc3sccc3C2)CC1)C12CC3CC(CC(C3)C1)C2. The van der Waals surface area contributed by atoms with E-state index in [1.165, 1.54) is 64.3 Å². The van der Waals surface area contributed by atoms with Gasteiger partial charge in [-0.15, -0.1) is 11.3 Å². The third-order valence-corrected chi connectivity index (χ3v) is 9.62. The van der Waals surface area contributed by atoms with Gasteiger partial charge in [0.05, 0.1) is 5.41 Å². The van der Waals surface area contributed by atoms with Gasteiger partial charge in [-0.1, -0.05) is 0 Å². The third kappa shape index (κ3) is 2.81. The fraction of sp³-hybridized carbons (Fsp3) is 0.783. The zero-order valence-corrected chi connectivity index (χ0v) is 17.2. The van der Waals surface area contributed by atoms with E-state index in [4.69, 9.17) is 0 Å². The molecule has 0 radical (unpaired) electrons. The van der Waals surface area contributed by atoms with Crippen LogP contribution in [0.5, 0.6) is 0 Å². The summed E-state index contributed by atoms with van der Waals surface area (Å²) in [7, 11) is 0. The Kier molecular flexibility index (Phi) is 3.98. The van der Waals surface area contributed by atoms with Crippen LogP contribution in [0.25, 0.3) is 0 Å². The van der Waals surface area contributed by atoms with Crippen LogP contribution in [0.1, 0.15) is 61.8 Å². The first-order valence-corrected chi connectivity index (χ1v) is 12.2. The molecule has 0 spiro atoms. The molecule has 1 aromatic rings.